The van der Waals surface area contributed by atoms with Gasteiger partial charge in [-0.1, -0.05) is 36.7 Å². The fourth-order valence-electron chi connectivity index (χ4n) is 2.80. The number of hydrogen-bond acceptors (Lipinski definition) is 5. The first-order valence-electron chi connectivity index (χ1n) is 8.32. The van der Waals surface area contributed by atoms with Crippen molar-refractivity contribution in [2.24, 2.45) is 0 Å². The van der Waals surface area contributed by atoms with Crippen molar-refractivity contribution in [1.82, 2.24) is 15.3 Å². The molecule has 1 aliphatic rings. The molecule has 6 nitrogen and oxygen atoms in total. The van der Waals surface area contributed by atoms with Gasteiger partial charge in [0.25, 0.3) is 5.91 Å². The largest absolute Gasteiger partial charge is 0.349 e. The molecule has 130 valence electrons. The number of amides is 2. The summed E-state index contributed by atoms with van der Waals surface area (Å²) < 4.78 is 0. The van der Waals surface area contributed by atoms with E-state index in [1.807, 2.05) is 0 Å². The van der Waals surface area contributed by atoms with E-state index in [1.54, 1.807) is 42.7 Å². The zero-order valence-electron chi connectivity index (χ0n) is 13.8. The highest BCUT2D eigenvalue weighted by atomic mass is 32.2. The molecule has 7 heteroatoms. The number of nitrogens with one attached hydrogen (secondary N) is 2. The van der Waals surface area contributed by atoms with Gasteiger partial charge in [-0.15, -0.1) is 0 Å². The van der Waals surface area contributed by atoms with Crippen molar-refractivity contribution < 1.29 is 9.59 Å². The highest BCUT2D eigenvalue weighted by molar-refractivity contribution is 7.99. The second-order valence-corrected chi connectivity index (χ2v) is 6.81. The molecule has 1 saturated carbocycles. The molecule has 0 aliphatic heterocycles. The minimum Gasteiger partial charge on any atom is -0.349 e. The number of anilines is 1. The van der Waals surface area contributed by atoms with Crippen LogP contribution < -0.4 is 10.6 Å². The number of benzene rings is 1. The first-order chi connectivity index (χ1) is 12.2. The number of rotatable bonds is 6. The second-order valence-electron chi connectivity index (χ2n) is 5.87. The molecule has 0 radical (unpaired) electrons. The lowest BCUT2D eigenvalue weighted by Gasteiger charge is -2.15. The van der Waals surface area contributed by atoms with Crippen LogP contribution in [0.3, 0.4) is 0 Å². The molecule has 0 saturated heterocycles. The summed E-state index contributed by atoms with van der Waals surface area (Å²) in [6, 6.07) is 9.03. The van der Waals surface area contributed by atoms with E-state index in [0.717, 1.165) is 25.7 Å². The quantitative estimate of drug-likeness (QED) is 0.614. The van der Waals surface area contributed by atoms with Gasteiger partial charge in [-0.25, -0.2) is 9.97 Å². The van der Waals surface area contributed by atoms with Gasteiger partial charge in [0.15, 0.2) is 5.16 Å². The Labute approximate surface area is 150 Å². The van der Waals surface area contributed by atoms with Crippen molar-refractivity contribution in [2.45, 2.75) is 36.9 Å². The van der Waals surface area contributed by atoms with E-state index in [9.17, 15) is 9.59 Å². The minimum absolute atomic E-state index is 0.137. The first kappa shape index (κ1) is 17.4. The molecule has 1 aromatic carbocycles. The molecule has 2 aromatic rings. The monoisotopic (exact) mass is 356 g/mol. The Kier molecular flexibility index (Phi) is 6.00. The van der Waals surface area contributed by atoms with Crippen molar-refractivity contribution in [3.63, 3.8) is 0 Å². The van der Waals surface area contributed by atoms with Crippen LogP contribution in [0, 0.1) is 0 Å². The lowest BCUT2D eigenvalue weighted by atomic mass is 10.1. The zero-order chi connectivity index (χ0) is 17.5. The predicted molar refractivity (Wildman–Crippen MR) is 97.5 cm³/mol. The Morgan fingerprint density at radius 2 is 1.80 bits per heavy atom. The average molecular weight is 356 g/mol. The van der Waals surface area contributed by atoms with E-state index < -0.39 is 0 Å². The Morgan fingerprint density at radius 3 is 2.56 bits per heavy atom. The molecule has 0 spiro atoms. The second kappa shape index (κ2) is 8.62. The number of para-hydroxylation sites is 1. The van der Waals surface area contributed by atoms with Crippen LogP contribution in [-0.2, 0) is 4.79 Å². The van der Waals surface area contributed by atoms with Gasteiger partial charge in [0.1, 0.15) is 0 Å². The fraction of sp³-hybridized carbons (Fsp3) is 0.333. The number of carbonyl (C=O) groups is 2. The van der Waals surface area contributed by atoms with E-state index in [-0.39, 0.29) is 23.6 Å². The Bertz CT molecular complexity index is 733. The molecular formula is C18H20N4O2S. The van der Waals surface area contributed by atoms with Gasteiger partial charge < -0.3 is 10.6 Å². The third-order valence-electron chi connectivity index (χ3n) is 4.01. The normalized spacial score (nSPS) is 14.2. The van der Waals surface area contributed by atoms with Gasteiger partial charge in [-0.05, 0) is 31.0 Å². The number of hydrogen-bond donors (Lipinski definition) is 2. The molecule has 0 atom stereocenters. The van der Waals surface area contributed by atoms with Crippen LogP contribution in [0.15, 0.2) is 47.9 Å². The summed E-state index contributed by atoms with van der Waals surface area (Å²) in [5.74, 6) is -0.150. The lowest BCUT2D eigenvalue weighted by molar-refractivity contribution is -0.113. The van der Waals surface area contributed by atoms with Crippen molar-refractivity contribution in [2.75, 3.05) is 11.1 Å². The topological polar surface area (TPSA) is 84.0 Å². The summed E-state index contributed by atoms with van der Waals surface area (Å²) in [7, 11) is 0. The minimum atomic E-state index is -0.196. The maximum absolute atomic E-state index is 12.5. The van der Waals surface area contributed by atoms with Crippen LogP contribution in [0.1, 0.15) is 36.0 Å². The van der Waals surface area contributed by atoms with E-state index in [1.165, 1.54) is 11.8 Å². The first-order valence-corrected chi connectivity index (χ1v) is 9.30. The highest BCUT2D eigenvalue weighted by Gasteiger charge is 2.20. The molecule has 25 heavy (non-hydrogen) atoms. The average Bonchev–Trinajstić information content (AvgIpc) is 3.14. The molecule has 3 rings (SSSR count). The summed E-state index contributed by atoms with van der Waals surface area (Å²) in [4.78, 5) is 32.8. The summed E-state index contributed by atoms with van der Waals surface area (Å²) in [6.07, 6.45) is 7.62. The molecule has 2 N–H and O–H groups in total. The highest BCUT2D eigenvalue weighted by Crippen LogP contribution is 2.21. The van der Waals surface area contributed by atoms with E-state index >= 15 is 0 Å². The molecule has 1 heterocycles. The smallest absolute Gasteiger partial charge is 0.253 e. The van der Waals surface area contributed by atoms with E-state index in [0.29, 0.717) is 16.4 Å². The standard InChI is InChI=1S/C18H20N4O2S/c23-16(12-25-18-19-10-5-11-20-18)22-15-9-4-3-8-14(15)17(24)21-13-6-1-2-7-13/h3-5,8-11,13H,1-2,6-7,12H2,(H,21,24)(H,22,23). The summed E-state index contributed by atoms with van der Waals surface area (Å²) in [5, 5.41) is 6.41. The molecule has 1 aliphatic carbocycles. The summed E-state index contributed by atoms with van der Waals surface area (Å²) in [6.45, 7) is 0. The van der Waals surface area contributed by atoms with Gasteiger partial charge in [0, 0.05) is 18.4 Å². The predicted octanol–water partition coefficient (Wildman–Crippen LogP) is 2.88. The van der Waals surface area contributed by atoms with Crippen LogP contribution in [0.2, 0.25) is 0 Å². The van der Waals surface area contributed by atoms with Gasteiger partial charge in [-0.2, -0.15) is 0 Å². The molecular weight excluding hydrogens is 336 g/mol. The molecule has 1 fully saturated rings. The van der Waals surface area contributed by atoms with Crippen molar-refractivity contribution in [3.05, 3.63) is 48.3 Å². The molecule has 0 unspecified atom stereocenters. The molecule has 2 amide bonds. The molecule has 0 bridgehead atoms. The SMILES string of the molecule is O=C(CSc1ncccn1)Nc1ccccc1C(=O)NC1CCCC1. The summed E-state index contributed by atoms with van der Waals surface area (Å²) >= 11 is 1.25. The fourth-order valence-corrected chi connectivity index (χ4v) is 3.40. The molecule has 1 aromatic heterocycles. The van der Waals surface area contributed by atoms with Crippen molar-refractivity contribution >= 4 is 29.3 Å². The van der Waals surface area contributed by atoms with E-state index in [2.05, 4.69) is 20.6 Å². The van der Waals surface area contributed by atoms with Crippen LogP contribution in [0.25, 0.3) is 0 Å². The third kappa shape index (κ3) is 5.03. The van der Waals surface area contributed by atoms with Gasteiger partial charge in [-0.3, -0.25) is 9.59 Å². The van der Waals surface area contributed by atoms with Crippen molar-refractivity contribution in [3.8, 4) is 0 Å². The van der Waals surface area contributed by atoms with Crippen LogP contribution in [0.4, 0.5) is 5.69 Å². The van der Waals surface area contributed by atoms with Crippen molar-refractivity contribution in [1.29, 1.82) is 0 Å². The van der Waals surface area contributed by atoms with Gasteiger partial charge in [0.2, 0.25) is 5.91 Å². The maximum atomic E-state index is 12.5. The number of aromatic nitrogens is 2. The maximum Gasteiger partial charge on any atom is 0.253 e. The number of carbonyl (C=O) groups excluding carboxylic acids is 2. The zero-order valence-corrected chi connectivity index (χ0v) is 14.6. The van der Waals surface area contributed by atoms with Gasteiger partial charge in [0.05, 0.1) is 17.0 Å². The lowest BCUT2D eigenvalue weighted by Crippen LogP contribution is -2.33. The number of thioether (sulfide) groups is 1. The third-order valence-corrected chi connectivity index (χ3v) is 4.89. The van der Waals surface area contributed by atoms with E-state index in [4.69, 9.17) is 0 Å². The van der Waals surface area contributed by atoms with Crippen LogP contribution in [-0.4, -0.2) is 33.6 Å². The Morgan fingerprint density at radius 1 is 1.08 bits per heavy atom. The van der Waals surface area contributed by atoms with Gasteiger partial charge >= 0.3 is 0 Å². The Hall–Kier alpha value is -2.41. The van der Waals surface area contributed by atoms with Crippen LogP contribution in [0.5, 0.6) is 0 Å². The summed E-state index contributed by atoms with van der Waals surface area (Å²) in [5.41, 5.74) is 1.02. The van der Waals surface area contributed by atoms with Crippen LogP contribution >= 0.6 is 11.8 Å². The Balaban J connectivity index is 1.59. The number of nitrogens with zero attached hydrogens (tertiary/aromatic N) is 2.